The third-order valence-electron chi connectivity index (χ3n) is 2.99. The Morgan fingerprint density at radius 2 is 2.06 bits per heavy atom. The van der Waals surface area contributed by atoms with Gasteiger partial charge in [-0.25, -0.2) is 5.84 Å². The van der Waals surface area contributed by atoms with Crippen LogP contribution >= 0.6 is 0 Å². The van der Waals surface area contributed by atoms with Crippen LogP contribution in [0.4, 0.5) is 0 Å². The van der Waals surface area contributed by atoms with Crippen LogP contribution in [0.3, 0.4) is 0 Å². The smallest absolute Gasteiger partial charge is 0.243 e. The van der Waals surface area contributed by atoms with Crippen molar-refractivity contribution in [1.82, 2.24) is 5.01 Å². The van der Waals surface area contributed by atoms with Gasteiger partial charge in [0.05, 0.1) is 13.0 Å². The molecule has 1 aliphatic rings. The van der Waals surface area contributed by atoms with Gasteiger partial charge in [0.25, 0.3) is 0 Å². The Morgan fingerprint density at radius 1 is 1.38 bits per heavy atom. The van der Waals surface area contributed by atoms with Crippen LogP contribution in [0.5, 0.6) is 5.75 Å². The molecule has 0 spiro atoms. The molecule has 1 saturated heterocycles. The molecule has 2 rings (SSSR count). The fourth-order valence-corrected chi connectivity index (χ4v) is 2.05. The first-order valence-electron chi connectivity index (χ1n) is 5.42. The van der Waals surface area contributed by atoms with E-state index in [1.165, 1.54) is 5.01 Å². The Morgan fingerprint density at radius 3 is 2.69 bits per heavy atom. The molecule has 4 heteroatoms. The minimum Gasteiger partial charge on any atom is -0.497 e. The predicted octanol–water partition coefficient (Wildman–Crippen LogP) is 1.27. The number of nitrogens with two attached hydrogens (primary N) is 1. The molecule has 0 bridgehead atoms. The van der Waals surface area contributed by atoms with Crippen molar-refractivity contribution < 1.29 is 9.53 Å². The summed E-state index contributed by atoms with van der Waals surface area (Å²) in [7, 11) is 1.63. The molecule has 0 radical (unpaired) electrons. The number of hydrogen-bond donors (Lipinski definition) is 1. The van der Waals surface area contributed by atoms with Gasteiger partial charge in [0, 0.05) is 6.54 Å². The zero-order chi connectivity index (χ0) is 11.5. The van der Waals surface area contributed by atoms with Crippen molar-refractivity contribution in [1.29, 1.82) is 0 Å². The maximum atomic E-state index is 11.8. The lowest BCUT2D eigenvalue weighted by molar-refractivity contribution is -0.135. The van der Waals surface area contributed by atoms with E-state index in [1.54, 1.807) is 7.11 Å². The minimum absolute atomic E-state index is 0.0106. The molecule has 1 unspecified atom stereocenters. The summed E-state index contributed by atoms with van der Waals surface area (Å²) in [5.41, 5.74) is 1.01. The van der Waals surface area contributed by atoms with Crippen molar-refractivity contribution in [3.8, 4) is 5.75 Å². The summed E-state index contributed by atoms with van der Waals surface area (Å²) in [6, 6.07) is 7.61. The topological polar surface area (TPSA) is 55.6 Å². The van der Waals surface area contributed by atoms with Crippen LogP contribution < -0.4 is 10.6 Å². The SMILES string of the molecule is COc1ccc(C2CCCN(N)C2=O)cc1. The van der Waals surface area contributed by atoms with E-state index in [0.29, 0.717) is 6.54 Å². The number of ether oxygens (including phenoxy) is 1. The van der Waals surface area contributed by atoms with E-state index < -0.39 is 0 Å². The fraction of sp³-hybridized carbons (Fsp3) is 0.417. The van der Waals surface area contributed by atoms with Crippen molar-refractivity contribution in [3.63, 3.8) is 0 Å². The predicted molar refractivity (Wildman–Crippen MR) is 60.9 cm³/mol. The lowest BCUT2D eigenvalue weighted by Gasteiger charge is -2.28. The average Bonchev–Trinajstić information content (AvgIpc) is 2.33. The Labute approximate surface area is 95.0 Å². The van der Waals surface area contributed by atoms with Crippen LogP contribution in [-0.4, -0.2) is 24.6 Å². The summed E-state index contributed by atoms with van der Waals surface area (Å²) >= 11 is 0. The number of carbonyl (C=O) groups is 1. The van der Waals surface area contributed by atoms with Crippen LogP contribution in [0.2, 0.25) is 0 Å². The molecular formula is C12H16N2O2. The van der Waals surface area contributed by atoms with E-state index in [4.69, 9.17) is 10.6 Å². The molecule has 0 aliphatic carbocycles. The number of hydrazine groups is 1. The van der Waals surface area contributed by atoms with Crippen molar-refractivity contribution in [2.45, 2.75) is 18.8 Å². The molecule has 1 aromatic rings. The molecule has 0 aromatic heterocycles. The molecular weight excluding hydrogens is 204 g/mol. The van der Waals surface area contributed by atoms with E-state index in [9.17, 15) is 4.79 Å². The number of carbonyl (C=O) groups excluding carboxylic acids is 1. The highest BCUT2D eigenvalue weighted by molar-refractivity contribution is 5.83. The summed E-state index contributed by atoms with van der Waals surface area (Å²) in [5, 5.41) is 1.32. The number of methoxy groups -OCH3 is 1. The number of nitrogens with zero attached hydrogens (tertiary/aromatic N) is 1. The van der Waals surface area contributed by atoms with E-state index >= 15 is 0 Å². The van der Waals surface area contributed by atoms with Crippen LogP contribution in [0.25, 0.3) is 0 Å². The van der Waals surface area contributed by atoms with E-state index in [1.807, 2.05) is 24.3 Å². The van der Waals surface area contributed by atoms with Gasteiger partial charge in [-0.05, 0) is 30.5 Å². The maximum Gasteiger partial charge on any atom is 0.243 e. The Balaban J connectivity index is 2.19. The second kappa shape index (κ2) is 4.53. The molecule has 0 saturated carbocycles. The molecule has 1 atom stereocenters. The molecule has 4 nitrogen and oxygen atoms in total. The Hall–Kier alpha value is -1.55. The number of amides is 1. The average molecular weight is 220 g/mol. The second-order valence-corrected chi connectivity index (χ2v) is 4.00. The summed E-state index contributed by atoms with van der Waals surface area (Å²) in [6.45, 7) is 0.658. The minimum atomic E-state index is -0.0929. The van der Waals surface area contributed by atoms with E-state index in [2.05, 4.69) is 0 Å². The zero-order valence-corrected chi connectivity index (χ0v) is 9.35. The van der Waals surface area contributed by atoms with Gasteiger partial charge in [0.1, 0.15) is 5.75 Å². The van der Waals surface area contributed by atoms with Gasteiger partial charge in [-0.15, -0.1) is 0 Å². The van der Waals surface area contributed by atoms with Gasteiger partial charge in [-0.2, -0.15) is 0 Å². The highest BCUT2D eigenvalue weighted by atomic mass is 16.5. The normalized spacial score (nSPS) is 21.0. The molecule has 1 aliphatic heterocycles. The molecule has 1 amide bonds. The van der Waals surface area contributed by atoms with Gasteiger partial charge < -0.3 is 4.74 Å². The molecule has 1 aromatic carbocycles. The van der Waals surface area contributed by atoms with Crippen LogP contribution in [0.15, 0.2) is 24.3 Å². The van der Waals surface area contributed by atoms with Gasteiger partial charge in [-0.1, -0.05) is 12.1 Å². The van der Waals surface area contributed by atoms with Crippen molar-refractivity contribution >= 4 is 5.91 Å². The van der Waals surface area contributed by atoms with Crippen LogP contribution in [0.1, 0.15) is 24.3 Å². The van der Waals surface area contributed by atoms with Gasteiger partial charge in [0.2, 0.25) is 5.91 Å². The highest BCUT2D eigenvalue weighted by Crippen LogP contribution is 2.27. The number of hydrogen-bond acceptors (Lipinski definition) is 3. The van der Waals surface area contributed by atoms with Crippen LogP contribution in [0, 0.1) is 0 Å². The van der Waals surface area contributed by atoms with Gasteiger partial charge in [-0.3, -0.25) is 9.80 Å². The summed E-state index contributed by atoms with van der Waals surface area (Å²) in [5.74, 6) is 6.34. The number of rotatable bonds is 2. The van der Waals surface area contributed by atoms with E-state index in [-0.39, 0.29) is 11.8 Å². The summed E-state index contributed by atoms with van der Waals surface area (Å²) in [4.78, 5) is 11.8. The maximum absolute atomic E-state index is 11.8. The first-order chi connectivity index (χ1) is 7.72. The standard InChI is InChI=1S/C12H16N2O2/c1-16-10-6-4-9(5-7-10)11-3-2-8-14(13)12(11)15/h4-7,11H,2-3,8,13H2,1H3. The largest absolute Gasteiger partial charge is 0.497 e. The number of benzene rings is 1. The summed E-state index contributed by atoms with van der Waals surface area (Å²) in [6.07, 6.45) is 1.83. The highest BCUT2D eigenvalue weighted by Gasteiger charge is 2.28. The number of piperidine rings is 1. The third kappa shape index (κ3) is 2.02. The molecule has 86 valence electrons. The van der Waals surface area contributed by atoms with Gasteiger partial charge >= 0.3 is 0 Å². The molecule has 2 N–H and O–H groups in total. The quantitative estimate of drug-likeness (QED) is 0.603. The van der Waals surface area contributed by atoms with Gasteiger partial charge in [0.15, 0.2) is 0 Å². The van der Waals surface area contributed by atoms with E-state index in [0.717, 1.165) is 24.2 Å². The fourth-order valence-electron chi connectivity index (χ4n) is 2.05. The molecule has 1 heterocycles. The lowest BCUT2D eigenvalue weighted by atomic mass is 9.90. The summed E-state index contributed by atoms with van der Waals surface area (Å²) < 4.78 is 5.08. The zero-order valence-electron chi connectivity index (χ0n) is 9.35. The molecule has 16 heavy (non-hydrogen) atoms. The Bertz CT molecular complexity index is 375. The van der Waals surface area contributed by atoms with Crippen LogP contribution in [-0.2, 0) is 4.79 Å². The first kappa shape index (κ1) is 11.0. The third-order valence-corrected chi connectivity index (χ3v) is 2.99. The second-order valence-electron chi connectivity index (χ2n) is 4.00. The first-order valence-corrected chi connectivity index (χ1v) is 5.42. The monoisotopic (exact) mass is 220 g/mol. The van der Waals surface area contributed by atoms with Crippen molar-refractivity contribution in [2.24, 2.45) is 5.84 Å². The lowest BCUT2D eigenvalue weighted by Crippen LogP contribution is -2.44. The Kier molecular flexibility index (Phi) is 3.10. The van der Waals surface area contributed by atoms with Crippen molar-refractivity contribution in [2.75, 3.05) is 13.7 Å². The molecule has 1 fully saturated rings. The van der Waals surface area contributed by atoms with Crippen molar-refractivity contribution in [3.05, 3.63) is 29.8 Å².